The van der Waals surface area contributed by atoms with E-state index in [1.807, 2.05) is 0 Å². The van der Waals surface area contributed by atoms with Crippen molar-refractivity contribution in [2.45, 2.75) is 0 Å². The molecule has 6 nitrogen and oxygen atoms in total. The van der Waals surface area contributed by atoms with E-state index in [1.165, 1.54) is 42.5 Å². The number of benzene rings is 2. The highest BCUT2D eigenvalue weighted by atomic mass is 16.3. The topological polar surface area (TPSA) is 113 Å². The van der Waals surface area contributed by atoms with Crippen LogP contribution < -0.4 is 11.1 Å². The zero-order valence-corrected chi connectivity index (χ0v) is 10.3. The largest absolute Gasteiger partial charge is 0.508 e. The van der Waals surface area contributed by atoms with Crippen molar-refractivity contribution >= 4 is 17.5 Å². The number of phenols is 2. The van der Waals surface area contributed by atoms with Gasteiger partial charge in [-0.2, -0.15) is 0 Å². The van der Waals surface area contributed by atoms with E-state index in [1.54, 1.807) is 0 Å². The number of primary amides is 1. The highest BCUT2D eigenvalue weighted by Crippen LogP contribution is 2.25. The van der Waals surface area contributed by atoms with Gasteiger partial charge in [-0.15, -0.1) is 0 Å². The molecule has 0 aliphatic rings. The Morgan fingerprint density at radius 3 is 2.35 bits per heavy atom. The number of nitrogens with two attached hydrogens (primary N) is 1. The van der Waals surface area contributed by atoms with Gasteiger partial charge >= 0.3 is 0 Å². The van der Waals surface area contributed by atoms with Gasteiger partial charge in [-0.05, 0) is 36.4 Å². The van der Waals surface area contributed by atoms with Crippen LogP contribution in [0.3, 0.4) is 0 Å². The molecular formula is C14H12N2O4. The van der Waals surface area contributed by atoms with E-state index >= 15 is 0 Å². The summed E-state index contributed by atoms with van der Waals surface area (Å²) in [6.45, 7) is 0. The van der Waals surface area contributed by atoms with Gasteiger partial charge in [-0.1, -0.05) is 6.07 Å². The maximum Gasteiger partial charge on any atom is 0.255 e. The Hall–Kier alpha value is -3.02. The van der Waals surface area contributed by atoms with E-state index in [2.05, 4.69) is 5.32 Å². The molecule has 0 aromatic heterocycles. The first-order valence-corrected chi connectivity index (χ1v) is 5.70. The van der Waals surface area contributed by atoms with Crippen LogP contribution in [-0.4, -0.2) is 22.0 Å². The standard InChI is InChI=1S/C14H12N2O4/c15-13(19)8-4-5-11(12(18)7-8)16-14(20)9-2-1-3-10(17)6-9/h1-7,17-18H,(H2,15,19)(H,16,20). The number of phenolic OH excluding ortho intramolecular Hbond substituents is 2. The summed E-state index contributed by atoms with van der Waals surface area (Å²) >= 11 is 0. The third kappa shape index (κ3) is 2.86. The number of carbonyl (C=O) groups excluding carboxylic acids is 2. The van der Waals surface area contributed by atoms with Gasteiger partial charge in [-0.25, -0.2) is 0 Å². The lowest BCUT2D eigenvalue weighted by Crippen LogP contribution is -2.13. The number of hydrogen-bond acceptors (Lipinski definition) is 4. The van der Waals surface area contributed by atoms with E-state index in [9.17, 15) is 19.8 Å². The Morgan fingerprint density at radius 1 is 1.00 bits per heavy atom. The Labute approximate surface area is 114 Å². The summed E-state index contributed by atoms with van der Waals surface area (Å²) in [4.78, 5) is 22.9. The van der Waals surface area contributed by atoms with Gasteiger partial charge in [0.25, 0.3) is 5.91 Å². The summed E-state index contributed by atoms with van der Waals surface area (Å²) in [6.07, 6.45) is 0. The summed E-state index contributed by atoms with van der Waals surface area (Å²) < 4.78 is 0. The van der Waals surface area contributed by atoms with E-state index in [0.717, 1.165) is 0 Å². The lowest BCUT2D eigenvalue weighted by atomic mass is 10.1. The van der Waals surface area contributed by atoms with Crippen LogP contribution in [0.2, 0.25) is 0 Å². The van der Waals surface area contributed by atoms with Crippen molar-refractivity contribution < 1.29 is 19.8 Å². The minimum Gasteiger partial charge on any atom is -0.508 e. The molecule has 2 aromatic rings. The van der Waals surface area contributed by atoms with Crippen LogP contribution in [-0.2, 0) is 0 Å². The molecule has 0 radical (unpaired) electrons. The molecule has 0 spiro atoms. The van der Waals surface area contributed by atoms with Crippen molar-refractivity contribution in [3.05, 3.63) is 53.6 Å². The zero-order chi connectivity index (χ0) is 14.7. The number of nitrogens with one attached hydrogen (secondary N) is 1. The number of anilines is 1. The number of aromatic hydroxyl groups is 2. The second kappa shape index (κ2) is 5.31. The van der Waals surface area contributed by atoms with E-state index < -0.39 is 11.8 Å². The van der Waals surface area contributed by atoms with E-state index in [0.29, 0.717) is 0 Å². The molecule has 0 saturated carbocycles. The summed E-state index contributed by atoms with van der Waals surface area (Å²) in [6, 6.07) is 9.71. The Morgan fingerprint density at radius 2 is 1.75 bits per heavy atom. The van der Waals surface area contributed by atoms with Gasteiger partial charge in [-0.3, -0.25) is 9.59 Å². The van der Waals surface area contributed by atoms with Crippen molar-refractivity contribution in [1.82, 2.24) is 0 Å². The maximum absolute atomic E-state index is 11.9. The normalized spacial score (nSPS) is 10.0. The average molecular weight is 272 g/mol. The lowest BCUT2D eigenvalue weighted by molar-refractivity contribution is 0.0998. The third-order valence-corrected chi connectivity index (χ3v) is 2.64. The molecule has 2 aromatic carbocycles. The van der Waals surface area contributed by atoms with Crippen LogP contribution in [0.1, 0.15) is 20.7 Å². The van der Waals surface area contributed by atoms with Crippen molar-refractivity contribution in [2.24, 2.45) is 5.73 Å². The fraction of sp³-hybridized carbons (Fsp3) is 0. The molecule has 0 bridgehead atoms. The zero-order valence-electron chi connectivity index (χ0n) is 10.3. The average Bonchev–Trinajstić information content (AvgIpc) is 2.40. The quantitative estimate of drug-likeness (QED) is 0.633. The van der Waals surface area contributed by atoms with E-state index in [-0.39, 0.29) is 28.3 Å². The molecule has 0 unspecified atom stereocenters. The van der Waals surface area contributed by atoms with Crippen LogP contribution in [0.25, 0.3) is 0 Å². The Bertz CT molecular complexity index is 683. The molecule has 0 atom stereocenters. The van der Waals surface area contributed by atoms with Crippen LogP contribution in [0.15, 0.2) is 42.5 Å². The van der Waals surface area contributed by atoms with Crippen LogP contribution >= 0.6 is 0 Å². The smallest absolute Gasteiger partial charge is 0.255 e. The molecule has 102 valence electrons. The van der Waals surface area contributed by atoms with Crippen molar-refractivity contribution in [2.75, 3.05) is 5.32 Å². The third-order valence-electron chi connectivity index (χ3n) is 2.64. The fourth-order valence-corrected chi connectivity index (χ4v) is 1.63. The molecule has 2 amide bonds. The summed E-state index contributed by atoms with van der Waals surface area (Å²) in [5, 5.41) is 21.5. The minimum atomic E-state index is -0.675. The van der Waals surface area contributed by atoms with Crippen LogP contribution in [0.4, 0.5) is 5.69 Å². The highest BCUT2D eigenvalue weighted by molar-refractivity contribution is 6.05. The maximum atomic E-state index is 11.9. The summed E-state index contributed by atoms with van der Waals surface area (Å²) in [7, 11) is 0. The second-order valence-electron chi connectivity index (χ2n) is 4.10. The Balaban J connectivity index is 2.22. The van der Waals surface area contributed by atoms with Crippen molar-refractivity contribution in [3.63, 3.8) is 0 Å². The van der Waals surface area contributed by atoms with E-state index in [4.69, 9.17) is 5.73 Å². The Kier molecular flexibility index (Phi) is 3.56. The molecule has 0 fully saturated rings. The fourth-order valence-electron chi connectivity index (χ4n) is 1.63. The summed E-state index contributed by atoms with van der Waals surface area (Å²) in [5.74, 6) is -1.48. The first-order chi connectivity index (χ1) is 9.47. The second-order valence-corrected chi connectivity index (χ2v) is 4.10. The monoisotopic (exact) mass is 272 g/mol. The molecule has 5 N–H and O–H groups in total. The number of hydrogen-bond donors (Lipinski definition) is 4. The van der Waals surface area contributed by atoms with Gasteiger partial charge in [0.05, 0.1) is 5.69 Å². The van der Waals surface area contributed by atoms with Gasteiger partial charge in [0.15, 0.2) is 0 Å². The van der Waals surface area contributed by atoms with Gasteiger partial charge in [0.1, 0.15) is 11.5 Å². The minimum absolute atomic E-state index is 0.0362. The predicted molar refractivity (Wildman–Crippen MR) is 72.7 cm³/mol. The molecule has 0 heterocycles. The predicted octanol–water partition coefficient (Wildman–Crippen LogP) is 1.45. The molecule has 6 heteroatoms. The van der Waals surface area contributed by atoms with Gasteiger partial charge in [0.2, 0.25) is 5.91 Å². The highest BCUT2D eigenvalue weighted by Gasteiger charge is 2.11. The van der Waals surface area contributed by atoms with Gasteiger partial charge < -0.3 is 21.3 Å². The molecule has 0 aliphatic carbocycles. The first kappa shape index (κ1) is 13.4. The number of carbonyl (C=O) groups is 2. The summed E-state index contributed by atoms with van der Waals surface area (Å²) in [5.41, 5.74) is 5.59. The molecule has 0 saturated heterocycles. The van der Waals surface area contributed by atoms with Crippen LogP contribution in [0, 0.1) is 0 Å². The SMILES string of the molecule is NC(=O)c1ccc(NC(=O)c2cccc(O)c2)c(O)c1. The number of rotatable bonds is 3. The lowest BCUT2D eigenvalue weighted by Gasteiger charge is -2.08. The molecule has 0 aliphatic heterocycles. The number of amides is 2. The molecular weight excluding hydrogens is 260 g/mol. The molecule has 2 rings (SSSR count). The van der Waals surface area contributed by atoms with Crippen molar-refractivity contribution in [3.8, 4) is 11.5 Å². The first-order valence-electron chi connectivity index (χ1n) is 5.70. The van der Waals surface area contributed by atoms with Gasteiger partial charge in [0, 0.05) is 11.1 Å². The van der Waals surface area contributed by atoms with Crippen LogP contribution in [0.5, 0.6) is 11.5 Å². The molecule has 20 heavy (non-hydrogen) atoms. The van der Waals surface area contributed by atoms with Crippen molar-refractivity contribution in [1.29, 1.82) is 0 Å².